The molecule has 5 aromatic rings. The summed E-state index contributed by atoms with van der Waals surface area (Å²) in [5.74, 6) is 1.17. The molecular formula is C33H26N4O6S. The molecule has 3 heterocycles. The van der Waals surface area contributed by atoms with Crippen molar-refractivity contribution >= 4 is 34.7 Å². The number of furan rings is 1. The van der Waals surface area contributed by atoms with Gasteiger partial charge in [0.2, 0.25) is 0 Å². The van der Waals surface area contributed by atoms with Crippen LogP contribution in [0.3, 0.4) is 0 Å². The van der Waals surface area contributed by atoms with E-state index in [4.69, 9.17) is 9.15 Å². The Morgan fingerprint density at radius 1 is 1.07 bits per heavy atom. The Morgan fingerprint density at radius 2 is 1.86 bits per heavy atom. The number of non-ortho nitro benzene ring substituents is 1. The van der Waals surface area contributed by atoms with E-state index in [-0.39, 0.29) is 17.2 Å². The number of aromatic nitrogens is 1. The van der Waals surface area contributed by atoms with E-state index in [1.54, 1.807) is 63.4 Å². The summed E-state index contributed by atoms with van der Waals surface area (Å²) in [5, 5.41) is 14.1. The van der Waals surface area contributed by atoms with Crippen LogP contribution in [0, 0.1) is 17.0 Å². The molecule has 10 nitrogen and oxygen atoms in total. The predicted molar refractivity (Wildman–Crippen MR) is 167 cm³/mol. The molecule has 1 aliphatic rings. The van der Waals surface area contributed by atoms with Gasteiger partial charge in [-0.1, -0.05) is 41.7 Å². The monoisotopic (exact) mass is 606 g/mol. The van der Waals surface area contributed by atoms with Gasteiger partial charge in [-0.05, 0) is 67.4 Å². The zero-order chi connectivity index (χ0) is 31.0. The summed E-state index contributed by atoms with van der Waals surface area (Å²) in [6, 6.07) is 23.7. The van der Waals surface area contributed by atoms with Crippen LogP contribution in [-0.2, 0) is 4.79 Å². The third-order valence-electron chi connectivity index (χ3n) is 7.29. The third-order valence-corrected chi connectivity index (χ3v) is 8.28. The lowest BCUT2D eigenvalue weighted by Crippen LogP contribution is -2.40. The quantitative estimate of drug-likeness (QED) is 0.196. The van der Waals surface area contributed by atoms with Crippen molar-refractivity contribution in [3.63, 3.8) is 0 Å². The second kappa shape index (κ2) is 11.6. The average Bonchev–Trinajstić information content (AvgIpc) is 3.60. The number of aryl methyl sites for hydroxylation is 1. The SMILES string of the molecule is COc1cccc(C2C(C(=O)Nc3ccccc3)=C(C)N=c3s/c(=C\c4ccc(-c5ccc([N+](=O)[O-])cc5C)o4)c(=O)n32)c1. The normalized spacial score (nSPS) is 14.6. The third kappa shape index (κ3) is 5.36. The smallest absolute Gasteiger partial charge is 0.271 e. The van der Waals surface area contributed by atoms with Crippen molar-refractivity contribution in [1.29, 1.82) is 0 Å². The van der Waals surface area contributed by atoms with Crippen molar-refractivity contribution in [2.45, 2.75) is 19.9 Å². The lowest BCUT2D eigenvalue weighted by Gasteiger charge is -2.25. The molecule has 1 unspecified atom stereocenters. The maximum atomic E-state index is 14.0. The zero-order valence-corrected chi connectivity index (χ0v) is 24.8. The molecule has 1 amide bonds. The van der Waals surface area contributed by atoms with E-state index in [0.717, 1.165) is 0 Å². The molecule has 0 radical (unpaired) electrons. The maximum absolute atomic E-state index is 14.0. The maximum Gasteiger partial charge on any atom is 0.271 e. The molecular weight excluding hydrogens is 580 g/mol. The number of ether oxygens (including phenoxy) is 1. The van der Waals surface area contributed by atoms with Crippen LogP contribution in [0.25, 0.3) is 17.4 Å². The molecule has 1 N–H and O–H groups in total. The van der Waals surface area contributed by atoms with E-state index in [1.165, 1.54) is 28.0 Å². The van der Waals surface area contributed by atoms with Crippen LogP contribution < -0.4 is 24.9 Å². The molecule has 0 bridgehead atoms. The molecule has 44 heavy (non-hydrogen) atoms. The van der Waals surface area contributed by atoms with Gasteiger partial charge in [0.05, 0.1) is 33.9 Å². The van der Waals surface area contributed by atoms with Gasteiger partial charge in [0.1, 0.15) is 17.3 Å². The van der Waals surface area contributed by atoms with Crippen molar-refractivity contribution in [1.82, 2.24) is 4.57 Å². The Bertz CT molecular complexity index is 2140. The Hall–Kier alpha value is -5.55. The number of allylic oxidation sites excluding steroid dienone is 1. The summed E-state index contributed by atoms with van der Waals surface area (Å²) in [6.07, 6.45) is 1.64. The minimum absolute atomic E-state index is 0.00292. The number of hydrogen-bond donors (Lipinski definition) is 1. The van der Waals surface area contributed by atoms with E-state index in [2.05, 4.69) is 10.3 Å². The second-order valence-corrected chi connectivity index (χ2v) is 11.1. The highest BCUT2D eigenvalue weighted by Crippen LogP contribution is 2.33. The van der Waals surface area contributed by atoms with Gasteiger partial charge in [0.15, 0.2) is 4.80 Å². The van der Waals surface area contributed by atoms with Crippen molar-refractivity contribution in [2.24, 2.45) is 4.99 Å². The van der Waals surface area contributed by atoms with Gasteiger partial charge in [0.25, 0.3) is 17.2 Å². The van der Waals surface area contributed by atoms with E-state index in [0.29, 0.717) is 60.3 Å². The number of hydrogen-bond acceptors (Lipinski definition) is 8. The number of anilines is 1. The first-order valence-corrected chi connectivity index (χ1v) is 14.4. The van der Waals surface area contributed by atoms with Crippen LogP contribution in [0.15, 0.2) is 110 Å². The van der Waals surface area contributed by atoms with Gasteiger partial charge in [-0.2, -0.15) is 0 Å². The van der Waals surface area contributed by atoms with Crippen molar-refractivity contribution in [3.8, 4) is 17.1 Å². The van der Waals surface area contributed by atoms with E-state index in [9.17, 15) is 19.7 Å². The van der Waals surface area contributed by atoms with Gasteiger partial charge in [-0.3, -0.25) is 24.3 Å². The zero-order valence-electron chi connectivity index (χ0n) is 23.9. The molecule has 1 aliphatic heterocycles. The van der Waals surface area contributed by atoms with Gasteiger partial charge in [-0.25, -0.2) is 4.99 Å². The van der Waals surface area contributed by atoms with Crippen LogP contribution in [0.5, 0.6) is 5.75 Å². The molecule has 0 saturated carbocycles. The summed E-state index contributed by atoms with van der Waals surface area (Å²) in [4.78, 5) is 43.6. The van der Waals surface area contributed by atoms with Crippen molar-refractivity contribution < 1.29 is 18.9 Å². The number of rotatable bonds is 7. The average molecular weight is 607 g/mol. The van der Waals surface area contributed by atoms with Crippen LogP contribution in [0.2, 0.25) is 0 Å². The van der Waals surface area contributed by atoms with Gasteiger partial charge >= 0.3 is 0 Å². The predicted octanol–water partition coefficient (Wildman–Crippen LogP) is 5.36. The van der Waals surface area contributed by atoms with Crippen LogP contribution in [-0.4, -0.2) is 22.5 Å². The number of nitrogens with one attached hydrogen (secondary N) is 1. The number of nitro groups is 1. The topological polar surface area (TPSA) is 129 Å². The first kappa shape index (κ1) is 28.6. The minimum atomic E-state index is -0.762. The molecule has 2 aromatic heterocycles. The number of carbonyl (C=O) groups excluding carboxylic acids is 1. The second-order valence-electron chi connectivity index (χ2n) is 10.1. The lowest BCUT2D eigenvalue weighted by atomic mass is 9.95. The fourth-order valence-corrected chi connectivity index (χ4v) is 6.23. The molecule has 0 saturated heterocycles. The Balaban J connectivity index is 1.44. The fraction of sp³-hybridized carbons (Fsp3) is 0.121. The van der Waals surface area contributed by atoms with Crippen LogP contribution >= 0.6 is 11.3 Å². The number of para-hydroxylation sites is 1. The summed E-state index contributed by atoms with van der Waals surface area (Å²) >= 11 is 1.20. The number of amides is 1. The number of methoxy groups -OCH3 is 1. The number of thiazole rings is 1. The van der Waals surface area contributed by atoms with Crippen molar-refractivity contribution in [2.75, 3.05) is 12.4 Å². The molecule has 0 fully saturated rings. The van der Waals surface area contributed by atoms with Gasteiger partial charge in [-0.15, -0.1) is 0 Å². The molecule has 11 heteroatoms. The highest BCUT2D eigenvalue weighted by atomic mass is 32.1. The molecule has 6 rings (SSSR count). The first-order chi connectivity index (χ1) is 21.2. The molecule has 3 aromatic carbocycles. The van der Waals surface area contributed by atoms with Gasteiger partial charge in [0, 0.05) is 29.5 Å². The van der Waals surface area contributed by atoms with Gasteiger partial charge < -0.3 is 14.5 Å². The summed E-state index contributed by atoms with van der Waals surface area (Å²) in [7, 11) is 1.56. The fourth-order valence-electron chi connectivity index (χ4n) is 5.20. The number of fused-ring (bicyclic) bond motifs is 1. The van der Waals surface area contributed by atoms with Crippen molar-refractivity contribution in [3.05, 3.63) is 143 Å². The summed E-state index contributed by atoms with van der Waals surface area (Å²) in [5.41, 5.74) is 3.22. The molecule has 220 valence electrons. The minimum Gasteiger partial charge on any atom is -0.497 e. The number of benzene rings is 3. The molecule has 0 spiro atoms. The highest BCUT2D eigenvalue weighted by molar-refractivity contribution is 7.07. The van der Waals surface area contributed by atoms with Crippen LogP contribution in [0.1, 0.15) is 29.9 Å². The Morgan fingerprint density at radius 3 is 2.59 bits per heavy atom. The molecule has 0 aliphatic carbocycles. The number of nitrogens with zero attached hydrogens (tertiary/aromatic N) is 3. The van der Waals surface area contributed by atoms with Crippen LogP contribution in [0.4, 0.5) is 11.4 Å². The summed E-state index contributed by atoms with van der Waals surface area (Å²) < 4.78 is 13.4. The lowest BCUT2D eigenvalue weighted by molar-refractivity contribution is -0.384. The Labute approximate surface area is 255 Å². The number of carbonyl (C=O) groups is 1. The summed E-state index contributed by atoms with van der Waals surface area (Å²) in [6.45, 7) is 3.53. The van der Waals surface area contributed by atoms with E-state index < -0.39 is 11.0 Å². The molecule has 1 atom stereocenters. The number of nitro benzene ring substituents is 1. The highest BCUT2D eigenvalue weighted by Gasteiger charge is 2.33. The van der Waals surface area contributed by atoms with E-state index in [1.807, 2.05) is 36.4 Å². The Kier molecular flexibility index (Phi) is 7.54. The largest absolute Gasteiger partial charge is 0.497 e. The first-order valence-electron chi connectivity index (χ1n) is 13.6. The standard InChI is InChI=1S/C33H26N4O6S/c1-19-16-23(37(40)41)12-14-26(19)27-15-13-25(43-27)18-28-32(39)36-30(21-8-7-11-24(17-21)42-3)29(20(2)34-33(36)44-28)31(38)35-22-9-5-4-6-10-22/h4-18,30H,1-3H3,(H,35,38)/b28-18-. The van der Waals surface area contributed by atoms with E-state index >= 15 is 0 Å².